The van der Waals surface area contributed by atoms with Crippen LogP contribution in [0.3, 0.4) is 0 Å². The Labute approximate surface area is 214 Å². The Hall–Kier alpha value is -1.71. The molecule has 2 aromatic carbocycles. The number of aliphatic imine (C=N–C) groups is 1. The maximum atomic E-state index is 13.5. The van der Waals surface area contributed by atoms with Crippen LogP contribution in [0.1, 0.15) is 42.9 Å². The summed E-state index contributed by atoms with van der Waals surface area (Å²) in [4.78, 5) is 7.05. The van der Waals surface area contributed by atoms with Crippen molar-refractivity contribution in [2.24, 2.45) is 4.99 Å². The maximum Gasteiger partial charge on any atom is 0.191 e. The van der Waals surface area contributed by atoms with Gasteiger partial charge in [-0.3, -0.25) is 9.89 Å². The lowest BCUT2D eigenvalue weighted by Gasteiger charge is -2.38. The molecule has 0 aromatic heterocycles. The molecule has 0 spiro atoms. The Morgan fingerprint density at radius 3 is 2.33 bits per heavy atom. The van der Waals surface area contributed by atoms with Gasteiger partial charge in [0.15, 0.2) is 5.96 Å². The van der Waals surface area contributed by atoms with E-state index in [1.807, 2.05) is 19.2 Å². The summed E-state index contributed by atoms with van der Waals surface area (Å²) in [5, 5.41) is 7.13. The fraction of sp³-hybridized carbons (Fsp3) is 0.500. The quantitative estimate of drug-likeness (QED) is 0.295. The molecule has 0 amide bonds. The molecule has 2 aliphatic rings. The van der Waals surface area contributed by atoms with E-state index < -0.39 is 0 Å². The molecule has 180 valence electrons. The van der Waals surface area contributed by atoms with Crippen LogP contribution >= 0.6 is 24.0 Å². The molecule has 4 rings (SSSR count). The largest absolute Gasteiger partial charge is 0.381 e. The van der Waals surface area contributed by atoms with Crippen molar-refractivity contribution in [3.63, 3.8) is 0 Å². The lowest BCUT2D eigenvalue weighted by atomic mass is 9.74. The number of hydrogen-bond acceptors (Lipinski definition) is 3. The van der Waals surface area contributed by atoms with E-state index in [9.17, 15) is 4.39 Å². The normalized spacial score (nSPS) is 19.5. The Morgan fingerprint density at radius 2 is 1.70 bits per heavy atom. The molecule has 1 atom stereocenters. The Bertz CT molecular complexity index is 866. The van der Waals surface area contributed by atoms with Gasteiger partial charge in [0, 0.05) is 38.8 Å². The van der Waals surface area contributed by atoms with Crippen LogP contribution in [0.25, 0.3) is 0 Å². The van der Waals surface area contributed by atoms with Crippen LogP contribution in [0.5, 0.6) is 0 Å². The molecule has 1 unspecified atom stereocenters. The van der Waals surface area contributed by atoms with Gasteiger partial charge in [0.1, 0.15) is 5.82 Å². The summed E-state index contributed by atoms with van der Waals surface area (Å²) in [5.74, 6) is 0.605. The minimum absolute atomic E-state index is 0. The summed E-state index contributed by atoms with van der Waals surface area (Å²) in [6.45, 7) is 5.26. The van der Waals surface area contributed by atoms with Crippen molar-refractivity contribution in [1.29, 1.82) is 0 Å². The Balaban J connectivity index is 0.00000306. The molecule has 2 N–H and O–H groups in total. The molecular weight excluding hydrogens is 530 g/mol. The fourth-order valence-electron chi connectivity index (χ4n) is 4.99. The van der Waals surface area contributed by atoms with Crippen LogP contribution in [0, 0.1) is 5.82 Å². The molecule has 0 bridgehead atoms. The molecular formula is C26H36FIN4O. The van der Waals surface area contributed by atoms with Crippen molar-refractivity contribution in [3.05, 3.63) is 71.5 Å². The van der Waals surface area contributed by atoms with Gasteiger partial charge in [-0.2, -0.15) is 0 Å². The number of benzene rings is 2. The zero-order chi connectivity index (χ0) is 22.2. The second-order valence-corrected chi connectivity index (χ2v) is 8.88. The van der Waals surface area contributed by atoms with Crippen molar-refractivity contribution < 1.29 is 9.13 Å². The SMILES string of the molecule is CN=C(NCC(c1ccccc1)N1CCCC1)NCC1(c2ccc(F)cc2)CCOCC1.I. The highest BCUT2D eigenvalue weighted by atomic mass is 127. The first kappa shape index (κ1) is 25.9. The van der Waals surface area contributed by atoms with Gasteiger partial charge in [0.05, 0.1) is 6.04 Å². The van der Waals surface area contributed by atoms with Gasteiger partial charge in [0.25, 0.3) is 0 Å². The third-order valence-electron chi connectivity index (χ3n) is 6.95. The van der Waals surface area contributed by atoms with Crippen LogP contribution < -0.4 is 10.6 Å². The van der Waals surface area contributed by atoms with Gasteiger partial charge in [-0.05, 0) is 62.0 Å². The summed E-state index contributed by atoms with van der Waals surface area (Å²) in [7, 11) is 1.82. The van der Waals surface area contributed by atoms with E-state index >= 15 is 0 Å². The first-order chi connectivity index (χ1) is 15.7. The highest BCUT2D eigenvalue weighted by Crippen LogP contribution is 2.34. The molecule has 0 aliphatic carbocycles. The number of guanidine groups is 1. The average Bonchev–Trinajstić information content (AvgIpc) is 3.37. The van der Waals surface area contributed by atoms with E-state index in [1.165, 1.54) is 18.4 Å². The van der Waals surface area contributed by atoms with Gasteiger partial charge in [-0.15, -0.1) is 24.0 Å². The summed E-state index contributed by atoms with van der Waals surface area (Å²) >= 11 is 0. The standard InChI is InChI=1S/C26H35FN4O.HI/c1-28-25(29-19-24(31-15-5-6-16-31)21-7-3-2-4-8-21)30-20-26(13-17-32-18-14-26)22-9-11-23(27)12-10-22;/h2-4,7-12,24H,5-6,13-20H2,1H3,(H2,28,29,30);1H. The van der Waals surface area contributed by atoms with Gasteiger partial charge in [-0.25, -0.2) is 4.39 Å². The van der Waals surface area contributed by atoms with Crippen LogP contribution in [-0.4, -0.2) is 57.3 Å². The van der Waals surface area contributed by atoms with Crippen molar-refractivity contribution in [1.82, 2.24) is 15.5 Å². The third-order valence-corrected chi connectivity index (χ3v) is 6.95. The van der Waals surface area contributed by atoms with Gasteiger partial charge < -0.3 is 15.4 Å². The molecule has 0 radical (unpaired) electrons. The van der Waals surface area contributed by atoms with Crippen LogP contribution in [-0.2, 0) is 10.2 Å². The van der Waals surface area contributed by atoms with Crippen molar-refractivity contribution in [2.75, 3.05) is 46.4 Å². The van der Waals surface area contributed by atoms with E-state index in [-0.39, 0.29) is 35.2 Å². The monoisotopic (exact) mass is 566 g/mol. The van der Waals surface area contributed by atoms with Gasteiger partial charge >= 0.3 is 0 Å². The molecule has 2 aromatic rings. The first-order valence-corrected chi connectivity index (χ1v) is 11.8. The number of halogens is 2. The maximum absolute atomic E-state index is 13.5. The van der Waals surface area contributed by atoms with E-state index in [1.54, 1.807) is 12.1 Å². The highest BCUT2D eigenvalue weighted by Gasteiger charge is 2.34. The number of ether oxygens (including phenoxy) is 1. The predicted molar refractivity (Wildman–Crippen MR) is 143 cm³/mol. The molecule has 0 saturated carbocycles. The second kappa shape index (κ2) is 12.7. The summed E-state index contributed by atoms with van der Waals surface area (Å²) < 4.78 is 19.2. The van der Waals surface area contributed by atoms with Crippen molar-refractivity contribution in [3.8, 4) is 0 Å². The number of nitrogens with zero attached hydrogens (tertiary/aromatic N) is 2. The van der Waals surface area contributed by atoms with E-state index in [0.717, 1.165) is 63.8 Å². The van der Waals surface area contributed by atoms with Crippen LogP contribution in [0.4, 0.5) is 4.39 Å². The van der Waals surface area contributed by atoms with Crippen molar-refractivity contribution >= 4 is 29.9 Å². The van der Waals surface area contributed by atoms with E-state index in [0.29, 0.717) is 6.04 Å². The molecule has 5 nitrogen and oxygen atoms in total. The number of hydrogen-bond donors (Lipinski definition) is 2. The zero-order valence-corrected chi connectivity index (χ0v) is 21.8. The topological polar surface area (TPSA) is 48.9 Å². The molecule has 2 heterocycles. The summed E-state index contributed by atoms with van der Waals surface area (Å²) in [5.41, 5.74) is 2.41. The first-order valence-electron chi connectivity index (χ1n) is 11.8. The predicted octanol–water partition coefficient (Wildman–Crippen LogP) is 4.49. The third kappa shape index (κ3) is 6.67. The van der Waals surface area contributed by atoms with E-state index in [2.05, 4.69) is 50.9 Å². The number of rotatable bonds is 7. The Kier molecular flexibility index (Phi) is 9.94. The average molecular weight is 567 g/mol. The lowest BCUT2D eigenvalue weighted by molar-refractivity contribution is 0.0513. The van der Waals surface area contributed by atoms with Crippen LogP contribution in [0.2, 0.25) is 0 Å². The molecule has 2 saturated heterocycles. The summed E-state index contributed by atoms with van der Waals surface area (Å²) in [6.07, 6.45) is 4.34. The molecule has 33 heavy (non-hydrogen) atoms. The molecule has 2 fully saturated rings. The minimum Gasteiger partial charge on any atom is -0.381 e. The highest BCUT2D eigenvalue weighted by molar-refractivity contribution is 14.0. The number of nitrogens with one attached hydrogen (secondary N) is 2. The van der Waals surface area contributed by atoms with Crippen LogP contribution in [0.15, 0.2) is 59.6 Å². The molecule has 2 aliphatic heterocycles. The lowest BCUT2D eigenvalue weighted by Crippen LogP contribution is -2.49. The molecule has 7 heteroatoms. The Morgan fingerprint density at radius 1 is 1.03 bits per heavy atom. The van der Waals surface area contributed by atoms with Gasteiger partial charge in [0.2, 0.25) is 0 Å². The number of likely N-dealkylation sites (tertiary alicyclic amines) is 1. The summed E-state index contributed by atoms with van der Waals surface area (Å²) in [6, 6.07) is 18.0. The second-order valence-electron chi connectivity index (χ2n) is 8.88. The van der Waals surface area contributed by atoms with Crippen molar-refractivity contribution in [2.45, 2.75) is 37.1 Å². The minimum atomic E-state index is -0.199. The fourth-order valence-corrected chi connectivity index (χ4v) is 4.99. The van der Waals surface area contributed by atoms with Gasteiger partial charge in [-0.1, -0.05) is 42.5 Å². The zero-order valence-electron chi connectivity index (χ0n) is 19.4. The smallest absolute Gasteiger partial charge is 0.191 e. The van der Waals surface area contributed by atoms with E-state index in [4.69, 9.17) is 4.74 Å².